The third-order valence-corrected chi connectivity index (χ3v) is 3.24. The van der Waals surface area contributed by atoms with Crippen LogP contribution in [0, 0.1) is 0 Å². The summed E-state index contributed by atoms with van der Waals surface area (Å²) >= 11 is 1.28. The van der Waals surface area contributed by atoms with Crippen molar-refractivity contribution in [2.24, 2.45) is 0 Å². The average Bonchev–Trinajstić information content (AvgIpc) is 2.38. The zero-order valence-electron chi connectivity index (χ0n) is 10.6. The van der Waals surface area contributed by atoms with Gasteiger partial charge in [0, 0.05) is 23.9 Å². The fourth-order valence-electron chi connectivity index (χ4n) is 1.51. The second kappa shape index (κ2) is 6.76. The first-order valence-electron chi connectivity index (χ1n) is 5.98. The molecule has 0 radical (unpaired) electrons. The molecule has 4 N–H and O–H groups in total. The summed E-state index contributed by atoms with van der Waals surface area (Å²) < 4.78 is 0. The normalized spacial score (nSPS) is 10.2. The number of anilines is 2. The largest absolute Gasteiger partial charge is 0.383 e. The fraction of sp³-hybridized carbons (Fsp3) is 0.154. The molecule has 0 aliphatic rings. The van der Waals surface area contributed by atoms with E-state index in [0.717, 1.165) is 5.69 Å². The zero-order chi connectivity index (χ0) is 14.4. The molecule has 0 saturated heterocycles. The van der Waals surface area contributed by atoms with Crippen molar-refractivity contribution in [1.29, 1.82) is 0 Å². The van der Waals surface area contributed by atoms with Crippen LogP contribution in [-0.4, -0.2) is 21.6 Å². The van der Waals surface area contributed by atoms with Crippen molar-refractivity contribution in [3.05, 3.63) is 46.8 Å². The van der Waals surface area contributed by atoms with Crippen molar-refractivity contribution < 1.29 is 4.79 Å². The van der Waals surface area contributed by atoms with E-state index in [4.69, 9.17) is 5.73 Å². The van der Waals surface area contributed by atoms with Crippen LogP contribution in [0.1, 0.15) is 6.42 Å². The van der Waals surface area contributed by atoms with E-state index in [1.54, 1.807) is 0 Å². The molecule has 0 spiro atoms. The lowest BCUT2D eigenvalue weighted by atomic mass is 10.3. The minimum atomic E-state index is -0.297. The van der Waals surface area contributed by atoms with Crippen molar-refractivity contribution in [3.63, 3.8) is 0 Å². The van der Waals surface area contributed by atoms with Crippen LogP contribution in [0.2, 0.25) is 0 Å². The number of para-hydroxylation sites is 1. The van der Waals surface area contributed by atoms with Gasteiger partial charge in [0.25, 0.3) is 5.56 Å². The lowest BCUT2D eigenvalue weighted by Gasteiger charge is -2.04. The van der Waals surface area contributed by atoms with Crippen LogP contribution in [0.25, 0.3) is 0 Å². The van der Waals surface area contributed by atoms with E-state index in [2.05, 4.69) is 15.3 Å². The Kier molecular flexibility index (Phi) is 4.78. The Bertz CT molecular complexity index is 642. The lowest BCUT2D eigenvalue weighted by molar-refractivity contribution is -0.115. The van der Waals surface area contributed by atoms with Gasteiger partial charge in [-0.1, -0.05) is 30.0 Å². The topological polar surface area (TPSA) is 101 Å². The maximum absolute atomic E-state index is 11.7. The molecule has 0 aliphatic heterocycles. The van der Waals surface area contributed by atoms with Crippen LogP contribution in [-0.2, 0) is 4.79 Å². The molecule has 20 heavy (non-hydrogen) atoms. The predicted octanol–water partition coefficient (Wildman–Crippen LogP) is 1.47. The molecule has 1 aromatic carbocycles. The Morgan fingerprint density at radius 1 is 1.35 bits per heavy atom. The average molecular weight is 290 g/mol. The summed E-state index contributed by atoms with van der Waals surface area (Å²) in [5.41, 5.74) is 5.93. The third kappa shape index (κ3) is 4.43. The van der Waals surface area contributed by atoms with Gasteiger partial charge in [-0.2, -0.15) is 0 Å². The number of H-pyrrole nitrogens is 1. The van der Waals surface area contributed by atoms with E-state index in [1.807, 2.05) is 30.3 Å². The number of nitrogen functional groups attached to an aromatic ring is 1. The first kappa shape index (κ1) is 14.1. The summed E-state index contributed by atoms with van der Waals surface area (Å²) in [5, 5.41) is 3.20. The Labute approximate surface area is 119 Å². The van der Waals surface area contributed by atoms with Gasteiger partial charge in [0.1, 0.15) is 5.82 Å². The third-order valence-electron chi connectivity index (χ3n) is 2.37. The number of thioether (sulfide) groups is 1. The van der Waals surface area contributed by atoms with Crippen molar-refractivity contribution >= 4 is 29.2 Å². The number of carbonyl (C=O) groups excluding carboxylic acids is 1. The number of aromatic amines is 1. The molecular weight excluding hydrogens is 276 g/mol. The molecule has 0 saturated carbocycles. The van der Waals surface area contributed by atoms with Gasteiger partial charge < -0.3 is 16.0 Å². The number of hydrogen-bond donors (Lipinski definition) is 3. The highest BCUT2D eigenvalue weighted by Crippen LogP contribution is 2.13. The highest BCUT2D eigenvalue weighted by atomic mass is 32.2. The Morgan fingerprint density at radius 2 is 2.10 bits per heavy atom. The summed E-state index contributed by atoms with van der Waals surface area (Å²) in [5.74, 6) is 0.588. The molecule has 0 unspecified atom stereocenters. The van der Waals surface area contributed by atoms with Gasteiger partial charge in [-0.3, -0.25) is 9.59 Å². The molecule has 0 bridgehead atoms. The van der Waals surface area contributed by atoms with Gasteiger partial charge in [0.05, 0.1) is 0 Å². The summed E-state index contributed by atoms with van der Waals surface area (Å²) in [6, 6.07) is 10.4. The maximum Gasteiger partial charge on any atom is 0.253 e. The van der Waals surface area contributed by atoms with Crippen molar-refractivity contribution in [1.82, 2.24) is 9.97 Å². The lowest BCUT2D eigenvalue weighted by Crippen LogP contribution is -2.13. The van der Waals surface area contributed by atoms with Crippen molar-refractivity contribution in [2.45, 2.75) is 11.6 Å². The van der Waals surface area contributed by atoms with Crippen LogP contribution >= 0.6 is 11.8 Å². The summed E-state index contributed by atoms with van der Waals surface area (Å²) in [6.07, 6.45) is 0.318. The van der Waals surface area contributed by atoms with Gasteiger partial charge in [0.15, 0.2) is 5.16 Å². The standard InChI is InChI=1S/C13H14N4O2S/c14-10-8-12(19)17-13(16-10)20-7-6-11(18)15-9-4-2-1-3-5-9/h1-5,8H,6-7H2,(H,15,18)(H3,14,16,17,19). The van der Waals surface area contributed by atoms with Crippen LogP contribution in [0.5, 0.6) is 0 Å². The highest BCUT2D eigenvalue weighted by Gasteiger charge is 2.04. The van der Waals surface area contributed by atoms with E-state index in [0.29, 0.717) is 17.3 Å². The second-order valence-electron chi connectivity index (χ2n) is 3.99. The van der Waals surface area contributed by atoms with Gasteiger partial charge >= 0.3 is 0 Å². The molecule has 2 rings (SSSR count). The number of rotatable bonds is 5. The molecule has 1 heterocycles. The number of carbonyl (C=O) groups is 1. The molecular formula is C13H14N4O2S. The van der Waals surface area contributed by atoms with E-state index in [-0.39, 0.29) is 17.3 Å². The molecule has 6 nitrogen and oxygen atoms in total. The number of nitrogens with two attached hydrogens (primary N) is 1. The van der Waals surface area contributed by atoms with E-state index < -0.39 is 0 Å². The monoisotopic (exact) mass is 290 g/mol. The molecule has 0 atom stereocenters. The quantitative estimate of drug-likeness (QED) is 0.572. The smallest absolute Gasteiger partial charge is 0.253 e. The highest BCUT2D eigenvalue weighted by molar-refractivity contribution is 7.99. The Hall–Kier alpha value is -2.28. The minimum absolute atomic E-state index is 0.0880. The molecule has 104 valence electrons. The Balaban J connectivity index is 1.81. The van der Waals surface area contributed by atoms with Gasteiger partial charge in [-0.05, 0) is 12.1 Å². The number of nitrogens with one attached hydrogen (secondary N) is 2. The van der Waals surface area contributed by atoms with E-state index in [1.165, 1.54) is 17.8 Å². The number of benzene rings is 1. The van der Waals surface area contributed by atoms with Crippen molar-refractivity contribution in [2.75, 3.05) is 16.8 Å². The van der Waals surface area contributed by atoms with Crippen LogP contribution < -0.4 is 16.6 Å². The van der Waals surface area contributed by atoms with E-state index in [9.17, 15) is 9.59 Å². The summed E-state index contributed by atoms with van der Waals surface area (Å²) in [6.45, 7) is 0. The Morgan fingerprint density at radius 3 is 2.80 bits per heavy atom. The number of aromatic nitrogens is 2. The maximum atomic E-state index is 11.7. The van der Waals surface area contributed by atoms with Crippen LogP contribution in [0.15, 0.2) is 46.3 Å². The molecule has 0 aliphatic carbocycles. The summed E-state index contributed by atoms with van der Waals surface area (Å²) in [7, 11) is 0. The molecule has 1 amide bonds. The fourth-order valence-corrected chi connectivity index (χ4v) is 2.33. The van der Waals surface area contributed by atoms with Crippen LogP contribution in [0.3, 0.4) is 0 Å². The number of amides is 1. The zero-order valence-corrected chi connectivity index (χ0v) is 11.4. The first-order valence-corrected chi connectivity index (χ1v) is 6.96. The molecule has 7 heteroatoms. The van der Waals surface area contributed by atoms with Gasteiger partial charge in [-0.25, -0.2) is 4.98 Å². The first-order chi connectivity index (χ1) is 9.63. The molecule has 0 fully saturated rings. The van der Waals surface area contributed by atoms with Gasteiger partial charge in [-0.15, -0.1) is 0 Å². The predicted molar refractivity (Wildman–Crippen MR) is 79.7 cm³/mol. The summed E-state index contributed by atoms with van der Waals surface area (Å²) in [4.78, 5) is 29.4. The molecule has 2 aromatic rings. The minimum Gasteiger partial charge on any atom is -0.383 e. The number of nitrogens with zero attached hydrogens (tertiary/aromatic N) is 1. The van der Waals surface area contributed by atoms with E-state index >= 15 is 0 Å². The SMILES string of the molecule is Nc1cc(=O)[nH]c(SCCC(=O)Nc2ccccc2)n1. The molecule has 1 aromatic heterocycles. The van der Waals surface area contributed by atoms with Gasteiger partial charge in [0.2, 0.25) is 5.91 Å². The van der Waals surface area contributed by atoms with Crippen molar-refractivity contribution in [3.8, 4) is 0 Å². The van der Waals surface area contributed by atoms with Crippen LogP contribution in [0.4, 0.5) is 11.5 Å². The second-order valence-corrected chi connectivity index (χ2v) is 5.07. The number of hydrogen-bond acceptors (Lipinski definition) is 5.